The van der Waals surface area contributed by atoms with E-state index in [1.165, 1.54) is 0 Å². The maximum atomic E-state index is 15.0. The Balaban J connectivity index is 1.88. The van der Waals surface area contributed by atoms with E-state index in [1.807, 2.05) is 0 Å². The molecule has 0 spiro atoms. The fraction of sp³-hybridized carbons (Fsp3) is 0.484. The van der Waals surface area contributed by atoms with E-state index in [-0.39, 0.29) is 12.8 Å². The van der Waals surface area contributed by atoms with Crippen molar-refractivity contribution in [1.29, 1.82) is 0 Å². The quantitative estimate of drug-likeness (QED) is 0.225. The molecule has 1 aliphatic heterocycles. The van der Waals surface area contributed by atoms with E-state index in [1.54, 1.807) is 63.3 Å². The molecular weight excluding hydrogens is 606 g/mol. The number of hydrogen-bond acceptors (Lipinski definition) is 7. The number of nitrogens with zero attached hydrogens (tertiary/aromatic N) is 3. The van der Waals surface area contributed by atoms with Crippen molar-refractivity contribution in [1.82, 2.24) is 15.2 Å². The monoisotopic (exact) mass is 640 g/mol. The average Bonchev–Trinajstić information content (AvgIpc) is 3.42. The van der Waals surface area contributed by atoms with Gasteiger partial charge < -0.3 is 13.9 Å². The minimum Gasteiger partial charge on any atom is -0.444 e. The number of aromatic nitrogens is 3. The predicted octanol–water partition coefficient (Wildman–Crippen LogP) is 8.92. The van der Waals surface area contributed by atoms with Crippen LogP contribution in [0.15, 0.2) is 53.0 Å². The molecule has 0 saturated heterocycles. The summed E-state index contributed by atoms with van der Waals surface area (Å²) in [4.78, 5) is 16.8. The van der Waals surface area contributed by atoms with Crippen LogP contribution in [0.1, 0.15) is 82.0 Å². The first-order valence-corrected chi connectivity index (χ1v) is 14.4. The molecule has 2 aromatic heterocycles. The number of halogens is 6. The lowest BCUT2D eigenvalue weighted by Crippen LogP contribution is -2.45. The van der Waals surface area contributed by atoms with Crippen LogP contribution in [0.5, 0.6) is 0 Å². The number of aryl methyl sites for hydroxylation is 1. The summed E-state index contributed by atoms with van der Waals surface area (Å²) in [5.74, 6) is -1.56. The number of allylic oxidation sites excluding steroid dienone is 2. The van der Waals surface area contributed by atoms with E-state index in [0.717, 1.165) is 0 Å². The van der Waals surface area contributed by atoms with Crippen LogP contribution in [0.2, 0.25) is 0 Å². The van der Waals surface area contributed by atoms with Crippen LogP contribution in [0.25, 0.3) is 11.6 Å². The van der Waals surface area contributed by atoms with E-state index >= 15 is 0 Å². The first-order chi connectivity index (χ1) is 21.1. The first-order valence-electron chi connectivity index (χ1n) is 14.4. The van der Waals surface area contributed by atoms with Crippen LogP contribution in [0.3, 0.4) is 0 Å². The largest absolute Gasteiger partial charge is 0.444 e. The molecule has 1 aliphatic rings. The van der Waals surface area contributed by atoms with Gasteiger partial charge in [-0.05, 0) is 77.3 Å². The van der Waals surface area contributed by atoms with Crippen molar-refractivity contribution >= 4 is 11.8 Å². The summed E-state index contributed by atoms with van der Waals surface area (Å²) in [6.45, 7) is 4.22. The van der Waals surface area contributed by atoms with Gasteiger partial charge in [0.25, 0.3) is 11.8 Å². The average molecular weight is 641 g/mol. The molecule has 14 heteroatoms. The number of amides is 1. The van der Waals surface area contributed by atoms with Crippen molar-refractivity contribution in [2.45, 2.75) is 95.9 Å². The first kappa shape index (κ1) is 33.9. The van der Waals surface area contributed by atoms with Crippen LogP contribution < -0.4 is 5.32 Å². The summed E-state index contributed by atoms with van der Waals surface area (Å²) in [5, 5.41) is 9.70. The van der Waals surface area contributed by atoms with Crippen molar-refractivity contribution in [2.24, 2.45) is 0 Å². The molecular formula is C31H34F6N4O4. The second kappa shape index (κ2) is 13.6. The van der Waals surface area contributed by atoms with E-state index in [4.69, 9.17) is 13.9 Å². The number of ether oxygens (including phenoxy) is 2. The van der Waals surface area contributed by atoms with Crippen LogP contribution in [-0.2, 0) is 34.3 Å². The minimum atomic E-state index is -5.02. The zero-order chi connectivity index (χ0) is 32.9. The van der Waals surface area contributed by atoms with Crippen LogP contribution in [0.4, 0.5) is 36.8 Å². The van der Waals surface area contributed by atoms with Gasteiger partial charge >= 0.3 is 18.4 Å². The Morgan fingerprint density at radius 3 is 2.31 bits per heavy atom. The number of anilines is 1. The van der Waals surface area contributed by atoms with Crippen molar-refractivity contribution in [2.75, 3.05) is 5.32 Å². The molecule has 4 bridgehead atoms. The Morgan fingerprint density at radius 2 is 1.67 bits per heavy atom. The molecule has 244 valence electrons. The fourth-order valence-electron chi connectivity index (χ4n) is 4.77. The Morgan fingerprint density at radius 1 is 0.978 bits per heavy atom. The molecule has 4 rings (SSSR count). The zero-order valence-electron chi connectivity index (χ0n) is 25.0. The number of carbonyl (C=O) groups excluding carboxylic acids is 1. The van der Waals surface area contributed by atoms with Crippen LogP contribution in [0, 0.1) is 0 Å². The third-order valence-electron chi connectivity index (χ3n) is 6.90. The molecule has 8 nitrogen and oxygen atoms in total. The van der Waals surface area contributed by atoms with E-state index in [9.17, 15) is 31.1 Å². The van der Waals surface area contributed by atoms with E-state index < -0.39 is 77.1 Å². The summed E-state index contributed by atoms with van der Waals surface area (Å²) in [5.41, 5.74) is -6.07. The van der Waals surface area contributed by atoms with Crippen molar-refractivity contribution < 1.29 is 45.0 Å². The zero-order valence-corrected chi connectivity index (χ0v) is 25.0. The highest BCUT2D eigenvalue weighted by Crippen LogP contribution is 2.47. The predicted molar refractivity (Wildman–Crippen MR) is 152 cm³/mol. The van der Waals surface area contributed by atoms with Gasteiger partial charge in [0.05, 0.1) is 23.6 Å². The van der Waals surface area contributed by atoms with Gasteiger partial charge in [-0.2, -0.15) is 26.3 Å². The van der Waals surface area contributed by atoms with E-state index in [2.05, 4.69) is 20.5 Å². The lowest BCUT2D eigenvalue weighted by atomic mass is 9.94. The third-order valence-corrected chi connectivity index (χ3v) is 6.90. The van der Waals surface area contributed by atoms with Crippen molar-refractivity contribution in [3.63, 3.8) is 0 Å². The number of fused-ring (bicyclic) bond motifs is 5. The summed E-state index contributed by atoms with van der Waals surface area (Å²) >= 11 is 0. The topological polar surface area (TPSA) is 99.4 Å². The molecule has 1 unspecified atom stereocenters. The molecule has 1 aromatic carbocycles. The number of nitrogens with one attached hydrogen (secondary N) is 1. The molecule has 3 aromatic rings. The molecule has 1 atom stereocenters. The van der Waals surface area contributed by atoms with Gasteiger partial charge in [0, 0.05) is 0 Å². The van der Waals surface area contributed by atoms with Gasteiger partial charge in [0.15, 0.2) is 5.69 Å². The van der Waals surface area contributed by atoms with Gasteiger partial charge in [-0.1, -0.05) is 42.5 Å². The minimum absolute atomic E-state index is 0.0878. The summed E-state index contributed by atoms with van der Waals surface area (Å²) in [7, 11) is 0. The summed E-state index contributed by atoms with van der Waals surface area (Å²) < 4.78 is 104. The highest BCUT2D eigenvalue weighted by molar-refractivity contribution is 5.89. The molecule has 45 heavy (non-hydrogen) atoms. The molecule has 0 fully saturated rings. The van der Waals surface area contributed by atoms with Gasteiger partial charge in [-0.25, -0.2) is 9.78 Å². The standard InChI is InChI=1S/C31H34F6N4O4/c1-28(2,3)45-27(42)39-23-18-21(30(32,33)34)22-16-12-7-5-4-6-8-13-17-29(31(35,36)37,43-19-20-14-10-9-11-15-20)26-41-40-25(44-26)24(23)38-22/h4-5,9-11,14-15,18H,6-8,12-13,16-17,19H2,1-3H3,(H,39,42)/b5-4-. The summed E-state index contributed by atoms with van der Waals surface area (Å²) in [6, 6.07) is 8.87. The number of pyridine rings is 1. The van der Waals surface area contributed by atoms with Crippen LogP contribution >= 0.6 is 0 Å². The molecule has 0 radical (unpaired) electrons. The lowest BCUT2D eigenvalue weighted by molar-refractivity contribution is -0.300. The third kappa shape index (κ3) is 8.62. The number of alkyl halides is 6. The Bertz CT molecular complexity index is 1480. The van der Waals surface area contributed by atoms with Gasteiger partial charge in [-0.3, -0.25) is 5.32 Å². The lowest BCUT2D eigenvalue weighted by Gasteiger charge is -2.32. The molecule has 1 N–H and O–H groups in total. The SMILES string of the molecule is CC(C)(C)OC(=O)Nc1cc(C(F)(F)F)c2nc1-c1nnc(o1)C(OCc1ccccc1)(C(F)(F)F)CCCC/C=C\CCC2. The summed E-state index contributed by atoms with van der Waals surface area (Å²) in [6.07, 6.45) is -6.46. The normalized spacial score (nSPS) is 19.1. The van der Waals surface area contributed by atoms with Gasteiger partial charge in [0.2, 0.25) is 5.60 Å². The Hall–Kier alpha value is -3.94. The van der Waals surface area contributed by atoms with Gasteiger partial charge in [-0.15, -0.1) is 10.2 Å². The van der Waals surface area contributed by atoms with E-state index in [0.29, 0.717) is 37.3 Å². The van der Waals surface area contributed by atoms with Crippen molar-refractivity contribution in [3.8, 4) is 11.6 Å². The maximum absolute atomic E-state index is 15.0. The second-order valence-corrected chi connectivity index (χ2v) is 11.6. The number of benzene rings is 1. The van der Waals surface area contributed by atoms with Crippen LogP contribution in [-0.4, -0.2) is 33.1 Å². The maximum Gasteiger partial charge on any atom is 0.426 e. The van der Waals surface area contributed by atoms with Crippen molar-refractivity contribution in [3.05, 3.63) is 71.3 Å². The Labute approximate surface area is 256 Å². The molecule has 3 heterocycles. The molecule has 0 aliphatic carbocycles. The number of rotatable bonds is 4. The second-order valence-electron chi connectivity index (χ2n) is 11.6. The highest BCUT2D eigenvalue weighted by Gasteiger charge is 2.61. The molecule has 1 amide bonds. The Kier molecular flexibility index (Phi) is 10.3. The number of carbonyl (C=O) groups is 1. The fourth-order valence-corrected chi connectivity index (χ4v) is 4.77. The van der Waals surface area contributed by atoms with Gasteiger partial charge in [0.1, 0.15) is 5.60 Å². The number of hydrogen-bond donors (Lipinski definition) is 1. The molecule has 0 saturated carbocycles. The smallest absolute Gasteiger partial charge is 0.426 e. The highest BCUT2D eigenvalue weighted by atomic mass is 19.4.